The molecule has 0 bridgehead atoms. The van der Waals surface area contributed by atoms with Crippen LogP contribution in [0.4, 0.5) is 0 Å². The van der Waals surface area contributed by atoms with Gasteiger partial charge in [0, 0.05) is 0 Å². The van der Waals surface area contributed by atoms with E-state index in [-0.39, 0.29) is 0 Å². The van der Waals surface area contributed by atoms with Crippen molar-refractivity contribution in [1.29, 1.82) is 0 Å². The average molecular weight is 622 g/mol. The summed E-state index contributed by atoms with van der Waals surface area (Å²) in [6, 6.07) is 26.5. The van der Waals surface area contributed by atoms with Crippen LogP contribution in [0.5, 0.6) is 0 Å². The molecule has 0 aliphatic carbocycles. The molecule has 0 aliphatic rings. The van der Waals surface area contributed by atoms with Crippen LogP contribution in [0, 0.1) is 4.91 Å². The standard InChI is InChI=1S/C19H15AsBr3.H2NO3/c1-20(14-2-8-17(21)9-3-14,15-4-10-18(22)11-5-15)16-6-12-19(23)13-7-16;2-1(3)4/h2-13H,1H3;(H2,2,3,4)/q2*+1. The zero-order valence-electron chi connectivity index (χ0n) is 14.3. The normalized spacial score (nSPS) is 10.7. The third-order valence-corrected chi connectivity index (χ3v) is 14.0. The molecule has 0 aromatic heterocycles. The van der Waals surface area contributed by atoms with Gasteiger partial charge in [-0.2, -0.15) is 0 Å². The molecule has 0 amide bonds. The Morgan fingerprint density at radius 2 is 0.815 bits per heavy atom. The molecule has 0 saturated heterocycles. The summed E-state index contributed by atoms with van der Waals surface area (Å²) in [7, 11) is 0. The van der Waals surface area contributed by atoms with Crippen LogP contribution in [0.15, 0.2) is 86.2 Å². The van der Waals surface area contributed by atoms with Crippen LogP contribution in [0.25, 0.3) is 0 Å². The van der Waals surface area contributed by atoms with Gasteiger partial charge in [0.15, 0.2) is 0 Å². The van der Waals surface area contributed by atoms with Crippen molar-refractivity contribution in [2.24, 2.45) is 0 Å². The van der Waals surface area contributed by atoms with Crippen LogP contribution >= 0.6 is 47.8 Å². The van der Waals surface area contributed by atoms with E-state index in [1.165, 1.54) is 13.1 Å². The van der Waals surface area contributed by atoms with Crippen molar-refractivity contribution in [3.63, 3.8) is 0 Å². The third kappa shape index (κ3) is 5.92. The summed E-state index contributed by atoms with van der Waals surface area (Å²) in [5, 5.41) is 12.5. The molecule has 3 aromatic carbocycles. The molecule has 0 radical (unpaired) electrons. The first kappa shape index (κ1) is 22.2. The molecular formula is C19H17AsBr3NO3+2. The molecule has 0 saturated carbocycles. The second-order valence-electron chi connectivity index (χ2n) is 5.69. The van der Waals surface area contributed by atoms with Crippen molar-refractivity contribution in [2.75, 3.05) is 0 Å². The third-order valence-electron chi connectivity index (χ3n) is 4.03. The van der Waals surface area contributed by atoms with Crippen LogP contribution in [-0.2, 0) is 0 Å². The number of benzene rings is 3. The molecule has 0 heterocycles. The van der Waals surface area contributed by atoms with Gasteiger partial charge >= 0.3 is 171 Å². The maximum Gasteiger partial charge on any atom is 0.472 e. The van der Waals surface area contributed by atoms with E-state index in [0.29, 0.717) is 0 Å². The van der Waals surface area contributed by atoms with Crippen molar-refractivity contribution in [1.82, 2.24) is 0 Å². The van der Waals surface area contributed by atoms with Gasteiger partial charge in [0.2, 0.25) is 0 Å². The minimum atomic E-state index is -2.44. The molecule has 0 spiro atoms. The average Bonchev–Trinajstić information content (AvgIpc) is 2.62. The second kappa shape index (κ2) is 9.87. The Balaban J connectivity index is 0.000000596. The van der Waals surface area contributed by atoms with Gasteiger partial charge in [-0.15, -0.1) is 0 Å². The Kier molecular flexibility index (Phi) is 8.10. The van der Waals surface area contributed by atoms with Gasteiger partial charge in [0.1, 0.15) is 4.91 Å². The predicted molar refractivity (Wildman–Crippen MR) is 120 cm³/mol. The molecule has 0 fully saturated rings. The van der Waals surface area contributed by atoms with E-state index >= 15 is 0 Å². The Hall–Kier alpha value is -1.14. The van der Waals surface area contributed by atoms with E-state index < -0.39 is 18.6 Å². The van der Waals surface area contributed by atoms with Gasteiger partial charge < -0.3 is 0 Å². The Bertz CT molecular complexity index is 786. The zero-order chi connectivity index (χ0) is 20.0. The molecule has 4 nitrogen and oxygen atoms in total. The summed E-state index contributed by atoms with van der Waals surface area (Å²) >= 11 is 8.21. The minimum Gasteiger partial charge on any atom is -0.201 e. The molecule has 2 N–H and O–H groups in total. The minimum absolute atomic E-state index is 1.12. The summed E-state index contributed by atoms with van der Waals surface area (Å²) in [4.78, 5) is 8.47. The van der Waals surface area contributed by atoms with E-state index in [4.69, 9.17) is 15.3 Å². The van der Waals surface area contributed by atoms with Crippen molar-refractivity contribution in [3.8, 4) is 0 Å². The molecule has 3 rings (SSSR count). The second-order valence-corrected chi connectivity index (χ2v) is 15.9. The molecule has 0 atom stereocenters. The van der Waals surface area contributed by atoms with Gasteiger partial charge in [0.05, 0.1) is 0 Å². The van der Waals surface area contributed by atoms with E-state index in [2.05, 4.69) is 126 Å². The van der Waals surface area contributed by atoms with Crippen molar-refractivity contribution in [3.05, 3.63) is 91.1 Å². The first-order valence-electron chi connectivity index (χ1n) is 7.73. The van der Waals surface area contributed by atoms with Crippen LogP contribution in [0.1, 0.15) is 0 Å². The molecule has 0 unspecified atom stereocenters. The molecule has 0 aliphatic heterocycles. The van der Waals surface area contributed by atoms with Crippen molar-refractivity contribution >= 4 is 74.4 Å². The molecule has 140 valence electrons. The molecule has 3 aromatic rings. The first-order chi connectivity index (χ1) is 12.7. The monoisotopic (exact) mass is 619 g/mol. The summed E-state index contributed by atoms with van der Waals surface area (Å²) in [5.74, 6) is 0. The topological polar surface area (TPSA) is 60.5 Å². The summed E-state index contributed by atoms with van der Waals surface area (Å²) in [6.45, 7) is 0. The molecule has 8 heteroatoms. The van der Waals surface area contributed by atoms with Crippen LogP contribution in [0.3, 0.4) is 0 Å². The Labute approximate surface area is 185 Å². The smallest absolute Gasteiger partial charge is 0.201 e. The number of rotatable bonds is 3. The summed E-state index contributed by atoms with van der Waals surface area (Å²) in [5.41, 5.74) is 2.45. The van der Waals surface area contributed by atoms with E-state index in [9.17, 15) is 0 Å². The Morgan fingerprint density at radius 3 is 1.00 bits per heavy atom. The number of nitrogens with zero attached hydrogens (tertiary/aromatic N) is 1. The molecular weight excluding hydrogens is 605 g/mol. The van der Waals surface area contributed by atoms with Crippen LogP contribution < -0.4 is 13.1 Å². The van der Waals surface area contributed by atoms with E-state index in [1.54, 1.807) is 0 Å². The van der Waals surface area contributed by atoms with Gasteiger partial charge in [-0.1, -0.05) is 0 Å². The summed E-state index contributed by atoms with van der Waals surface area (Å²) in [6.07, 6.45) is 0. The first-order valence-corrected chi connectivity index (χ1v) is 14.8. The van der Waals surface area contributed by atoms with Gasteiger partial charge in [-0.3, -0.25) is 0 Å². The number of hydrogen-bond donors (Lipinski definition) is 2. The van der Waals surface area contributed by atoms with E-state index in [1.807, 2.05) is 0 Å². The van der Waals surface area contributed by atoms with Gasteiger partial charge in [-0.25, -0.2) is 10.4 Å². The fourth-order valence-electron chi connectivity index (χ4n) is 2.66. The maximum atomic E-state index is 8.47. The predicted octanol–water partition coefficient (Wildman–Crippen LogP) is 4.62. The van der Waals surface area contributed by atoms with Crippen LogP contribution in [0.2, 0.25) is 5.71 Å². The number of halogens is 3. The Morgan fingerprint density at radius 1 is 0.630 bits per heavy atom. The maximum absolute atomic E-state index is 8.47. The van der Waals surface area contributed by atoms with Crippen LogP contribution in [-0.4, -0.2) is 29.1 Å². The molecule has 27 heavy (non-hydrogen) atoms. The van der Waals surface area contributed by atoms with Crippen molar-refractivity contribution < 1.29 is 15.5 Å². The zero-order valence-corrected chi connectivity index (χ0v) is 20.9. The van der Waals surface area contributed by atoms with Gasteiger partial charge in [-0.05, 0) is 0 Å². The fourth-order valence-corrected chi connectivity index (χ4v) is 10.0. The van der Waals surface area contributed by atoms with Gasteiger partial charge in [0.25, 0.3) is 0 Å². The van der Waals surface area contributed by atoms with Crippen molar-refractivity contribution in [2.45, 2.75) is 5.71 Å². The SMILES string of the molecule is C[As+](c1ccc(Br)cc1)(c1ccc(Br)cc1)c1ccc(Br)cc1.O=[N+](O)O. The summed E-state index contributed by atoms with van der Waals surface area (Å²) < 4.78 is 7.68. The largest absolute Gasteiger partial charge is 0.472 e. The van der Waals surface area contributed by atoms with E-state index in [0.717, 1.165) is 13.4 Å². The number of hydrogen-bond acceptors (Lipinski definition) is 1. The fraction of sp³-hybridized carbons (Fsp3) is 0.0526. The quantitative estimate of drug-likeness (QED) is 0.332.